The molecule has 1 unspecified atom stereocenters. The van der Waals surface area contributed by atoms with Crippen LogP contribution < -0.4 is 10.6 Å². The van der Waals surface area contributed by atoms with Gasteiger partial charge in [0.15, 0.2) is 0 Å². The molecule has 0 aliphatic carbocycles. The van der Waals surface area contributed by atoms with E-state index in [-0.39, 0.29) is 5.84 Å². The molecule has 102 valence electrons. The molecule has 0 saturated carbocycles. The number of nitrogens with two attached hydrogens (primary N) is 1. The number of pyridine rings is 1. The van der Waals surface area contributed by atoms with Crippen molar-refractivity contribution in [1.82, 2.24) is 4.98 Å². The van der Waals surface area contributed by atoms with Crippen molar-refractivity contribution in [2.45, 2.75) is 12.3 Å². The minimum atomic E-state index is 0.0191. The first-order chi connectivity index (χ1) is 9.74. The van der Waals surface area contributed by atoms with Crippen molar-refractivity contribution >= 4 is 11.5 Å². The van der Waals surface area contributed by atoms with Crippen LogP contribution in [0.2, 0.25) is 0 Å². The van der Waals surface area contributed by atoms with E-state index in [2.05, 4.69) is 40.2 Å². The van der Waals surface area contributed by atoms with Gasteiger partial charge in [-0.3, -0.25) is 10.4 Å². The van der Waals surface area contributed by atoms with E-state index in [4.69, 9.17) is 11.1 Å². The maximum Gasteiger partial charge on any atom is 0.141 e. The second-order valence-electron chi connectivity index (χ2n) is 5.16. The van der Waals surface area contributed by atoms with Crippen molar-refractivity contribution < 1.29 is 0 Å². The van der Waals surface area contributed by atoms with E-state index < -0.39 is 0 Å². The number of nitrogens with one attached hydrogen (secondary N) is 1. The van der Waals surface area contributed by atoms with Crippen LogP contribution in [0.1, 0.15) is 23.6 Å². The maximum absolute atomic E-state index is 7.47. The standard InChI is InChI=1S/C16H18N4/c17-16(18)15-10-14(6-8-19-15)20-9-7-13(11-20)12-4-2-1-3-5-12/h1-6,8,10,13H,7,9,11H2,(H3,17,18). The monoisotopic (exact) mass is 266 g/mol. The second-order valence-corrected chi connectivity index (χ2v) is 5.16. The lowest BCUT2D eigenvalue weighted by Crippen LogP contribution is -2.20. The van der Waals surface area contributed by atoms with Crippen LogP contribution in [0.25, 0.3) is 0 Å². The van der Waals surface area contributed by atoms with Crippen LogP contribution in [0.4, 0.5) is 5.69 Å². The van der Waals surface area contributed by atoms with E-state index >= 15 is 0 Å². The van der Waals surface area contributed by atoms with Crippen LogP contribution in [0.5, 0.6) is 0 Å². The number of anilines is 1. The molecule has 1 aliphatic rings. The van der Waals surface area contributed by atoms with Gasteiger partial charge in [0, 0.05) is 30.9 Å². The third-order valence-electron chi connectivity index (χ3n) is 3.84. The molecule has 0 amide bonds. The zero-order valence-corrected chi connectivity index (χ0v) is 11.3. The Bertz CT molecular complexity index is 609. The van der Waals surface area contributed by atoms with Crippen LogP contribution in [0, 0.1) is 5.41 Å². The topological polar surface area (TPSA) is 66.0 Å². The third kappa shape index (κ3) is 2.50. The molecule has 0 spiro atoms. The molecule has 1 aromatic heterocycles. The zero-order chi connectivity index (χ0) is 13.9. The Morgan fingerprint density at radius 2 is 2.05 bits per heavy atom. The van der Waals surface area contributed by atoms with Crippen molar-refractivity contribution in [2.75, 3.05) is 18.0 Å². The largest absolute Gasteiger partial charge is 0.382 e. The molecule has 1 fully saturated rings. The summed E-state index contributed by atoms with van der Waals surface area (Å²) >= 11 is 0. The summed E-state index contributed by atoms with van der Waals surface area (Å²) in [6.45, 7) is 2.03. The maximum atomic E-state index is 7.47. The average molecular weight is 266 g/mol. The van der Waals surface area contributed by atoms with Gasteiger partial charge in [0.1, 0.15) is 11.5 Å². The van der Waals surface area contributed by atoms with Gasteiger partial charge in [-0.2, -0.15) is 0 Å². The number of benzene rings is 1. The fourth-order valence-corrected chi connectivity index (χ4v) is 2.76. The van der Waals surface area contributed by atoms with Crippen LogP contribution in [-0.2, 0) is 0 Å². The molecular formula is C16H18N4. The van der Waals surface area contributed by atoms with Crippen molar-refractivity contribution in [1.29, 1.82) is 5.41 Å². The van der Waals surface area contributed by atoms with Gasteiger partial charge >= 0.3 is 0 Å². The number of nitrogens with zero attached hydrogens (tertiary/aromatic N) is 2. The Morgan fingerprint density at radius 3 is 2.80 bits per heavy atom. The fourth-order valence-electron chi connectivity index (χ4n) is 2.76. The number of nitrogen functional groups attached to an aromatic ring is 1. The van der Waals surface area contributed by atoms with Crippen molar-refractivity contribution in [3.63, 3.8) is 0 Å². The molecule has 3 rings (SSSR count). The molecule has 3 N–H and O–H groups in total. The Hall–Kier alpha value is -2.36. The number of hydrogen-bond acceptors (Lipinski definition) is 3. The molecule has 2 heterocycles. The van der Waals surface area contributed by atoms with Crippen molar-refractivity contribution in [3.8, 4) is 0 Å². The summed E-state index contributed by atoms with van der Waals surface area (Å²) < 4.78 is 0. The van der Waals surface area contributed by atoms with Crippen LogP contribution in [0.3, 0.4) is 0 Å². The molecular weight excluding hydrogens is 248 g/mol. The summed E-state index contributed by atoms with van der Waals surface area (Å²) in [5.74, 6) is 0.593. The Morgan fingerprint density at radius 1 is 1.25 bits per heavy atom. The Kier molecular flexibility index (Phi) is 3.37. The number of hydrogen-bond donors (Lipinski definition) is 2. The Balaban J connectivity index is 1.77. The van der Waals surface area contributed by atoms with Gasteiger partial charge < -0.3 is 10.6 Å². The smallest absolute Gasteiger partial charge is 0.141 e. The summed E-state index contributed by atoms with van der Waals surface area (Å²) in [4.78, 5) is 6.45. The number of amidine groups is 1. The number of rotatable bonds is 3. The minimum absolute atomic E-state index is 0.0191. The second kappa shape index (κ2) is 5.33. The first-order valence-electron chi connectivity index (χ1n) is 6.84. The van der Waals surface area contributed by atoms with Crippen LogP contribution in [0.15, 0.2) is 48.7 Å². The van der Waals surface area contributed by atoms with Gasteiger partial charge in [0.05, 0.1) is 0 Å². The highest BCUT2D eigenvalue weighted by Gasteiger charge is 2.24. The predicted octanol–water partition coefficient (Wildman–Crippen LogP) is 2.36. The van der Waals surface area contributed by atoms with Crippen molar-refractivity contribution in [2.24, 2.45) is 5.73 Å². The van der Waals surface area contributed by atoms with Crippen molar-refractivity contribution in [3.05, 3.63) is 59.9 Å². The first kappa shape index (κ1) is 12.7. The predicted molar refractivity (Wildman–Crippen MR) is 81.3 cm³/mol. The molecule has 4 heteroatoms. The van der Waals surface area contributed by atoms with Gasteiger partial charge in [-0.1, -0.05) is 30.3 Å². The fraction of sp³-hybridized carbons (Fsp3) is 0.250. The van der Waals surface area contributed by atoms with E-state index in [0.29, 0.717) is 11.6 Å². The zero-order valence-electron chi connectivity index (χ0n) is 11.3. The summed E-state index contributed by atoms with van der Waals surface area (Å²) in [6, 6.07) is 14.5. The minimum Gasteiger partial charge on any atom is -0.382 e. The van der Waals surface area contributed by atoms with Gasteiger partial charge in [0.25, 0.3) is 0 Å². The molecule has 1 aromatic carbocycles. The molecule has 0 bridgehead atoms. The average Bonchev–Trinajstić information content (AvgIpc) is 2.98. The van der Waals surface area contributed by atoms with Gasteiger partial charge in [-0.25, -0.2) is 0 Å². The summed E-state index contributed by atoms with van der Waals surface area (Å²) in [5.41, 5.74) is 8.55. The van der Waals surface area contributed by atoms with E-state index in [9.17, 15) is 0 Å². The first-order valence-corrected chi connectivity index (χ1v) is 6.84. The lowest BCUT2D eigenvalue weighted by molar-refractivity contribution is 0.775. The van der Waals surface area contributed by atoms with E-state index in [1.165, 1.54) is 5.56 Å². The molecule has 1 saturated heterocycles. The van der Waals surface area contributed by atoms with E-state index in [1.54, 1.807) is 6.20 Å². The van der Waals surface area contributed by atoms with Gasteiger partial charge in [-0.05, 0) is 24.1 Å². The molecule has 1 aliphatic heterocycles. The number of aromatic nitrogens is 1. The summed E-state index contributed by atoms with van der Waals surface area (Å²) in [7, 11) is 0. The normalized spacial score (nSPS) is 18.2. The summed E-state index contributed by atoms with van der Waals surface area (Å²) in [6.07, 6.45) is 2.88. The van der Waals surface area contributed by atoms with Gasteiger partial charge in [0.2, 0.25) is 0 Å². The van der Waals surface area contributed by atoms with E-state index in [1.807, 2.05) is 12.1 Å². The quantitative estimate of drug-likeness (QED) is 0.662. The third-order valence-corrected chi connectivity index (χ3v) is 3.84. The molecule has 2 aromatic rings. The SMILES string of the molecule is N=C(N)c1cc(N2CCC(c3ccccc3)C2)ccn1. The van der Waals surface area contributed by atoms with Crippen LogP contribution in [-0.4, -0.2) is 23.9 Å². The molecule has 0 radical (unpaired) electrons. The molecule has 1 atom stereocenters. The molecule has 4 nitrogen and oxygen atoms in total. The highest BCUT2D eigenvalue weighted by molar-refractivity contribution is 5.93. The highest BCUT2D eigenvalue weighted by atomic mass is 15.2. The lowest BCUT2D eigenvalue weighted by Gasteiger charge is -2.19. The highest BCUT2D eigenvalue weighted by Crippen LogP contribution is 2.30. The Labute approximate surface area is 118 Å². The van der Waals surface area contributed by atoms with Gasteiger partial charge in [-0.15, -0.1) is 0 Å². The van der Waals surface area contributed by atoms with E-state index in [0.717, 1.165) is 25.2 Å². The lowest BCUT2D eigenvalue weighted by atomic mass is 9.99. The molecule has 20 heavy (non-hydrogen) atoms. The van der Waals surface area contributed by atoms with Crippen LogP contribution >= 0.6 is 0 Å². The summed E-state index contributed by atoms with van der Waals surface area (Å²) in [5, 5.41) is 7.47.